The Morgan fingerprint density at radius 2 is 1.52 bits per heavy atom. The largest absolute Gasteiger partial charge is 0.348 e. The first-order valence-electron chi connectivity index (χ1n) is 8.29. The van der Waals surface area contributed by atoms with E-state index in [-0.39, 0.29) is 16.9 Å². The second kappa shape index (κ2) is 9.53. The predicted molar refractivity (Wildman–Crippen MR) is 96.5 cm³/mol. The number of hydrogen-bond acceptors (Lipinski definition) is 4. The number of sulfonamides is 1. The molecule has 0 unspecified atom stereocenters. The Morgan fingerprint density at radius 1 is 0.960 bits per heavy atom. The molecule has 0 fully saturated rings. The van der Waals surface area contributed by atoms with Crippen LogP contribution in [0.5, 0.6) is 0 Å². The van der Waals surface area contributed by atoms with Gasteiger partial charge in [-0.25, -0.2) is 13.1 Å². The number of carbonyl (C=O) groups excluding carboxylic acids is 2. The molecule has 3 N–H and O–H groups in total. The molecule has 0 spiro atoms. The average Bonchev–Trinajstić information content (AvgIpc) is 2.51. The lowest BCUT2D eigenvalue weighted by Crippen LogP contribution is -2.41. The minimum absolute atomic E-state index is 0.179. The van der Waals surface area contributed by atoms with Crippen molar-refractivity contribution in [2.24, 2.45) is 5.92 Å². The molecule has 1 rings (SSSR count). The summed E-state index contributed by atoms with van der Waals surface area (Å²) in [6, 6.07) is 6.26. The molecular formula is C17H27N3O4S. The van der Waals surface area contributed by atoms with Gasteiger partial charge in [-0.3, -0.25) is 9.59 Å². The zero-order valence-electron chi connectivity index (χ0n) is 15.1. The molecule has 0 atom stereocenters. The van der Waals surface area contributed by atoms with E-state index in [2.05, 4.69) is 15.4 Å². The lowest BCUT2D eigenvalue weighted by atomic mass is 10.1. The van der Waals surface area contributed by atoms with Gasteiger partial charge in [-0.05, 0) is 43.9 Å². The van der Waals surface area contributed by atoms with Crippen LogP contribution in [-0.2, 0) is 26.0 Å². The molecule has 1 aromatic carbocycles. The molecular weight excluding hydrogens is 342 g/mol. The maximum absolute atomic E-state index is 12.0. The molecule has 8 heteroatoms. The van der Waals surface area contributed by atoms with Crippen molar-refractivity contribution in [3.8, 4) is 0 Å². The van der Waals surface area contributed by atoms with E-state index < -0.39 is 21.8 Å². The van der Waals surface area contributed by atoms with E-state index in [9.17, 15) is 18.0 Å². The van der Waals surface area contributed by atoms with E-state index in [1.165, 1.54) is 12.1 Å². The van der Waals surface area contributed by atoms with E-state index in [0.717, 1.165) is 5.56 Å². The van der Waals surface area contributed by atoms with Crippen molar-refractivity contribution in [3.63, 3.8) is 0 Å². The number of rotatable bonds is 8. The molecule has 0 aliphatic rings. The summed E-state index contributed by atoms with van der Waals surface area (Å²) in [6.07, 6.45) is 0.501. The molecule has 0 radical (unpaired) electrons. The summed E-state index contributed by atoms with van der Waals surface area (Å²) in [5, 5.41) is 5.09. The first-order valence-corrected chi connectivity index (χ1v) is 9.77. The normalized spacial score (nSPS) is 11.6. The third kappa shape index (κ3) is 7.66. The van der Waals surface area contributed by atoms with Crippen molar-refractivity contribution in [2.75, 3.05) is 13.1 Å². The van der Waals surface area contributed by atoms with Crippen molar-refractivity contribution < 1.29 is 18.0 Å². The fourth-order valence-electron chi connectivity index (χ4n) is 1.99. The van der Waals surface area contributed by atoms with Gasteiger partial charge < -0.3 is 10.6 Å². The van der Waals surface area contributed by atoms with E-state index >= 15 is 0 Å². The molecule has 0 aliphatic carbocycles. The zero-order valence-corrected chi connectivity index (χ0v) is 15.9. The Balaban J connectivity index is 2.49. The molecule has 0 bridgehead atoms. The molecule has 0 aliphatic heterocycles. The first-order chi connectivity index (χ1) is 11.6. The molecule has 0 aromatic heterocycles. The maximum Gasteiger partial charge on any atom is 0.309 e. The molecule has 25 heavy (non-hydrogen) atoms. The lowest BCUT2D eigenvalue weighted by Gasteiger charge is -2.10. The van der Waals surface area contributed by atoms with Crippen LogP contribution < -0.4 is 15.4 Å². The van der Waals surface area contributed by atoms with Crippen molar-refractivity contribution in [2.45, 2.75) is 45.1 Å². The van der Waals surface area contributed by atoms with Crippen LogP contribution >= 0.6 is 0 Å². The summed E-state index contributed by atoms with van der Waals surface area (Å²) in [5.41, 5.74) is 0.867. The van der Waals surface area contributed by atoms with E-state index in [1.807, 2.05) is 13.8 Å². The maximum atomic E-state index is 12.0. The Kier molecular flexibility index (Phi) is 8.05. The summed E-state index contributed by atoms with van der Waals surface area (Å²) < 4.78 is 26.6. The standard InChI is InChI=1S/C17H27N3O4S/c1-12(2)11-19-17(22)16(21)18-10-9-14-5-7-15(8-6-14)25(23,24)20-13(3)4/h5-8,12-13,20H,9-11H2,1-4H3,(H,18,21)(H,19,22). The van der Waals surface area contributed by atoms with Crippen LogP contribution in [0.4, 0.5) is 0 Å². The molecule has 7 nitrogen and oxygen atoms in total. The van der Waals surface area contributed by atoms with Crippen molar-refractivity contribution in [1.82, 2.24) is 15.4 Å². The first kappa shape index (κ1) is 21.1. The third-order valence-electron chi connectivity index (χ3n) is 3.20. The van der Waals surface area contributed by atoms with Gasteiger partial charge in [0.05, 0.1) is 4.90 Å². The minimum Gasteiger partial charge on any atom is -0.348 e. The Hall–Kier alpha value is -1.93. The highest BCUT2D eigenvalue weighted by atomic mass is 32.2. The van der Waals surface area contributed by atoms with Crippen LogP contribution in [0, 0.1) is 5.92 Å². The van der Waals surface area contributed by atoms with Gasteiger partial charge in [0.15, 0.2) is 0 Å². The Labute approximate surface area is 149 Å². The molecule has 0 saturated heterocycles. The van der Waals surface area contributed by atoms with Crippen molar-refractivity contribution in [3.05, 3.63) is 29.8 Å². The number of benzene rings is 1. The lowest BCUT2D eigenvalue weighted by molar-refractivity contribution is -0.139. The zero-order chi connectivity index (χ0) is 19.0. The third-order valence-corrected chi connectivity index (χ3v) is 4.88. The molecule has 140 valence electrons. The quantitative estimate of drug-likeness (QED) is 0.590. The van der Waals surface area contributed by atoms with Crippen LogP contribution in [-0.4, -0.2) is 39.4 Å². The van der Waals surface area contributed by atoms with Gasteiger partial charge in [0.1, 0.15) is 0 Å². The summed E-state index contributed by atoms with van der Waals surface area (Å²) in [4.78, 5) is 23.4. The minimum atomic E-state index is -3.51. The molecule has 1 aromatic rings. The van der Waals surface area contributed by atoms with Crippen LogP contribution in [0.25, 0.3) is 0 Å². The number of amides is 2. The van der Waals surface area contributed by atoms with Crippen molar-refractivity contribution >= 4 is 21.8 Å². The van der Waals surface area contributed by atoms with Gasteiger partial charge in [0.25, 0.3) is 0 Å². The van der Waals surface area contributed by atoms with Gasteiger partial charge in [-0.2, -0.15) is 0 Å². The highest BCUT2D eigenvalue weighted by Gasteiger charge is 2.15. The average molecular weight is 369 g/mol. The molecule has 0 heterocycles. The van der Waals surface area contributed by atoms with Gasteiger partial charge in [0, 0.05) is 19.1 Å². The van der Waals surface area contributed by atoms with E-state index in [1.54, 1.807) is 26.0 Å². The Morgan fingerprint density at radius 3 is 2.04 bits per heavy atom. The Bertz CT molecular complexity index is 682. The summed E-state index contributed by atoms with van der Waals surface area (Å²) in [6.45, 7) is 8.15. The molecule has 0 saturated carbocycles. The van der Waals surface area contributed by atoms with Gasteiger partial charge in [-0.1, -0.05) is 26.0 Å². The van der Waals surface area contributed by atoms with E-state index in [4.69, 9.17) is 0 Å². The van der Waals surface area contributed by atoms with Crippen LogP contribution in [0.1, 0.15) is 33.3 Å². The summed E-state index contributed by atoms with van der Waals surface area (Å²) in [7, 11) is -3.51. The van der Waals surface area contributed by atoms with Crippen LogP contribution in [0.2, 0.25) is 0 Å². The smallest absolute Gasteiger partial charge is 0.309 e. The van der Waals surface area contributed by atoms with Gasteiger partial charge in [0.2, 0.25) is 10.0 Å². The van der Waals surface area contributed by atoms with Crippen LogP contribution in [0.3, 0.4) is 0 Å². The number of hydrogen-bond donors (Lipinski definition) is 3. The monoisotopic (exact) mass is 369 g/mol. The number of carbonyl (C=O) groups is 2. The summed E-state index contributed by atoms with van der Waals surface area (Å²) >= 11 is 0. The topological polar surface area (TPSA) is 104 Å². The SMILES string of the molecule is CC(C)CNC(=O)C(=O)NCCc1ccc(S(=O)(=O)NC(C)C)cc1. The van der Waals surface area contributed by atoms with Gasteiger partial charge >= 0.3 is 11.8 Å². The molecule has 2 amide bonds. The van der Waals surface area contributed by atoms with Crippen LogP contribution in [0.15, 0.2) is 29.2 Å². The second-order valence-electron chi connectivity index (χ2n) is 6.53. The van der Waals surface area contributed by atoms with Crippen molar-refractivity contribution in [1.29, 1.82) is 0 Å². The van der Waals surface area contributed by atoms with Gasteiger partial charge in [-0.15, -0.1) is 0 Å². The summed E-state index contributed by atoms with van der Waals surface area (Å²) in [5.74, 6) is -1.03. The highest BCUT2D eigenvalue weighted by molar-refractivity contribution is 7.89. The predicted octanol–water partition coefficient (Wildman–Crippen LogP) is 0.804. The van der Waals surface area contributed by atoms with E-state index in [0.29, 0.717) is 19.5 Å². The fourth-order valence-corrected chi connectivity index (χ4v) is 3.24. The number of nitrogens with one attached hydrogen (secondary N) is 3. The fraction of sp³-hybridized carbons (Fsp3) is 0.529. The second-order valence-corrected chi connectivity index (χ2v) is 8.24. The highest BCUT2D eigenvalue weighted by Crippen LogP contribution is 2.11.